The summed E-state index contributed by atoms with van der Waals surface area (Å²) >= 11 is 0. The van der Waals surface area contributed by atoms with Crippen molar-refractivity contribution in [1.82, 2.24) is 10.2 Å². The molecule has 8 heteroatoms. The molecule has 2 atom stereocenters. The average molecular weight is 342 g/mol. The molecule has 0 heterocycles. The second kappa shape index (κ2) is 8.37. The Kier molecular flexibility index (Phi) is 6.82. The number of carboxylic acid groups (broad SMARTS) is 1. The number of benzene rings is 1. The van der Waals surface area contributed by atoms with Gasteiger partial charge in [0, 0.05) is 25.6 Å². The number of halogens is 2. The van der Waals surface area contributed by atoms with Crippen molar-refractivity contribution >= 4 is 17.8 Å². The minimum atomic E-state index is -1.26. The van der Waals surface area contributed by atoms with Gasteiger partial charge in [0.15, 0.2) is 0 Å². The molecule has 6 nitrogen and oxygen atoms in total. The third-order valence-electron chi connectivity index (χ3n) is 3.64. The zero-order chi connectivity index (χ0) is 18.4. The number of nitrogens with one attached hydrogen (secondary N) is 1. The standard InChI is InChI=1S/C16H20F2N2O4/c1-9(14-12(17)5-4-6-13(14)18)15(22)20(10(2)16(23)24)8-7-19-11(3)21/h4-6,9-10H,7-8H2,1-3H3,(H,19,21)(H,23,24). The van der Waals surface area contributed by atoms with Gasteiger partial charge in [0.2, 0.25) is 11.8 Å². The van der Waals surface area contributed by atoms with E-state index in [1.807, 2.05) is 0 Å². The van der Waals surface area contributed by atoms with Crippen LogP contribution in [-0.2, 0) is 14.4 Å². The highest BCUT2D eigenvalue weighted by atomic mass is 19.1. The van der Waals surface area contributed by atoms with Crippen LogP contribution in [0.2, 0.25) is 0 Å². The fourth-order valence-corrected chi connectivity index (χ4v) is 2.28. The maximum Gasteiger partial charge on any atom is 0.326 e. The van der Waals surface area contributed by atoms with Gasteiger partial charge >= 0.3 is 5.97 Å². The highest BCUT2D eigenvalue weighted by Gasteiger charge is 2.31. The Labute approximate surface area is 138 Å². The van der Waals surface area contributed by atoms with E-state index < -0.39 is 41.0 Å². The Morgan fingerprint density at radius 2 is 1.75 bits per heavy atom. The number of aliphatic carboxylic acids is 1. The molecule has 0 aromatic heterocycles. The van der Waals surface area contributed by atoms with Crippen LogP contribution < -0.4 is 5.32 Å². The van der Waals surface area contributed by atoms with Crippen molar-refractivity contribution in [1.29, 1.82) is 0 Å². The lowest BCUT2D eigenvalue weighted by molar-refractivity contribution is -0.150. The van der Waals surface area contributed by atoms with Crippen LogP contribution in [0.15, 0.2) is 18.2 Å². The molecule has 0 aliphatic carbocycles. The monoisotopic (exact) mass is 342 g/mol. The predicted octanol–water partition coefficient (Wildman–Crippen LogP) is 1.51. The van der Waals surface area contributed by atoms with Gasteiger partial charge in [0.1, 0.15) is 17.7 Å². The minimum Gasteiger partial charge on any atom is -0.480 e. The summed E-state index contributed by atoms with van der Waals surface area (Å²) in [5.74, 6) is -5.28. The Morgan fingerprint density at radius 1 is 1.21 bits per heavy atom. The molecule has 0 aliphatic rings. The molecule has 0 radical (unpaired) electrons. The van der Waals surface area contributed by atoms with Crippen LogP contribution in [0.25, 0.3) is 0 Å². The lowest BCUT2D eigenvalue weighted by Gasteiger charge is -2.29. The van der Waals surface area contributed by atoms with Crippen molar-refractivity contribution < 1.29 is 28.3 Å². The second-order valence-electron chi connectivity index (χ2n) is 5.39. The molecule has 2 amide bonds. The molecule has 1 rings (SSSR count). The van der Waals surface area contributed by atoms with Crippen LogP contribution in [-0.4, -0.2) is 46.9 Å². The van der Waals surface area contributed by atoms with E-state index in [9.17, 15) is 23.2 Å². The van der Waals surface area contributed by atoms with Gasteiger partial charge in [0.05, 0.1) is 5.92 Å². The van der Waals surface area contributed by atoms with E-state index in [1.165, 1.54) is 26.8 Å². The van der Waals surface area contributed by atoms with E-state index in [1.54, 1.807) is 0 Å². The predicted molar refractivity (Wildman–Crippen MR) is 82.3 cm³/mol. The van der Waals surface area contributed by atoms with E-state index in [4.69, 9.17) is 5.11 Å². The third-order valence-corrected chi connectivity index (χ3v) is 3.64. The molecule has 0 saturated carbocycles. The lowest BCUT2D eigenvalue weighted by Crippen LogP contribution is -2.48. The highest BCUT2D eigenvalue weighted by molar-refractivity contribution is 5.88. The molecule has 2 N–H and O–H groups in total. The fourth-order valence-electron chi connectivity index (χ4n) is 2.28. The third kappa shape index (κ3) is 4.74. The summed E-state index contributed by atoms with van der Waals surface area (Å²) < 4.78 is 27.7. The fraction of sp³-hybridized carbons (Fsp3) is 0.438. The first-order valence-electron chi connectivity index (χ1n) is 7.38. The largest absolute Gasteiger partial charge is 0.480 e. The molecular formula is C16H20F2N2O4. The number of carbonyl (C=O) groups is 3. The van der Waals surface area contributed by atoms with E-state index in [0.29, 0.717) is 0 Å². The average Bonchev–Trinajstić information content (AvgIpc) is 2.49. The highest BCUT2D eigenvalue weighted by Crippen LogP contribution is 2.25. The van der Waals surface area contributed by atoms with Gasteiger partial charge in [0.25, 0.3) is 0 Å². The van der Waals surface area contributed by atoms with Gasteiger partial charge in [-0.3, -0.25) is 9.59 Å². The number of rotatable bonds is 7. The van der Waals surface area contributed by atoms with Crippen LogP contribution >= 0.6 is 0 Å². The van der Waals surface area contributed by atoms with Gasteiger partial charge < -0.3 is 15.3 Å². The number of carboxylic acids is 1. The molecule has 0 aliphatic heterocycles. The van der Waals surface area contributed by atoms with E-state index in [-0.39, 0.29) is 19.0 Å². The first-order chi connectivity index (χ1) is 11.2. The molecule has 0 spiro atoms. The van der Waals surface area contributed by atoms with E-state index >= 15 is 0 Å². The number of carbonyl (C=O) groups excluding carboxylic acids is 2. The summed E-state index contributed by atoms with van der Waals surface area (Å²) in [5.41, 5.74) is -0.412. The molecule has 1 aromatic rings. The first kappa shape index (κ1) is 19.5. The van der Waals surface area contributed by atoms with Crippen molar-refractivity contribution in [3.05, 3.63) is 35.4 Å². The van der Waals surface area contributed by atoms with Crippen LogP contribution in [0, 0.1) is 11.6 Å². The molecule has 132 valence electrons. The number of hydrogen-bond acceptors (Lipinski definition) is 3. The molecule has 0 fully saturated rings. The Morgan fingerprint density at radius 3 is 2.21 bits per heavy atom. The quantitative estimate of drug-likeness (QED) is 0.786. The van der Waals surface area contributed by atoms with Crippen molar-refractivity contribution in [2.75, 3.05) is 13.1 Å². The second-order valence-corrected chi connectivity index (χ2v) is 5.39. The number of hydrogen-bond donors (Lipinski definition) is 2. The summed E-state index contributed by atoms with van der Waals surface area (Å²) in [6.07, 6.45) is 0. The molecule has 24 heavy (non-hydrogen) atoms. The van der Waals surface area contributed by atoms with Gasteiger partial charge in [-0.15, -0.1) is 0 Å². The van der Waals surface area contributed by atoms with Crippen molar-refractivity contribution in [2.24, 2.45) is 0 Å². The van der Waals surface area contributed by atoms with Crippen LogP contribution in [0.1, 0.15) is 32.3 Å². The molecule has 0 saturated heterocycles. The summed E-state index contributed by atoms with van der Waals surface area (Å²) in [6.45, 7) is 3.82. The SMILES string of the molecule is CC(=O)NCCN(C(=O)C(C)c1c(F)cccc1F)C(C)C(=O)O. The first-order valence-corrected chi connectivity index (χ1v) is 7.38. The summed E-state index contributed by atoms with van der Waals surface area (Å²) in [7, 11) is 0. The van der Waals surface area contributed by atoms with Crippen molar-refractivity contribution in [3.63, 3.8) is 0 Å². The van der Waals surface area contributed by atoms with Gasteiger partial charge in [-0.25, -0.2) is 13.6 Å². The van der Waals surface area contributed by atoms with E-state index in [2.05, 4.69) is 5.32 Å². The molecule has 2 unspecified atom stereocenters. The molecular weight excluding hydrogens is 322 g/mol. The zero-order valence-corrected chi connectivity index (χ0v) is 13.7. The van der Waals surface area contributed by atoms with Crippen molar-refractivity contribution in [2.45, 2.75) is 32.7 Å². The van der Waals surface area contributed by atoms with E-state index in [0.717, 1.165) is 17.0 Å². The topological polar surface area (TPSA) is 86.7 Å². The maximum absolute atomic E-state index is 13.9. The summed E-state index contributed by atoms with van der Waals surface area (Å²) in [5, 5.41) is 11.6. The zero-order valence-electron chi connectivity index (χ0n) is 13.7. The minimum absolute atomic E-state index is 0.0329. The van der Waals surface area contributed by atoms with Gasteiger partial charge in [-0.2, -0.15) is 0 Å². The Hall–Kier alpha value is -2.51. The Bertz CT molecular complexity index is 616. The maximum atomic E-state index is 13.9. The number of nitrogens with zero attached hydrogens (tertiary/aromatic N) is 1. The van der Waals surface area contributed by atoms with Crippen LogP contribution in [0.4, 0.5) is 8.78 Å². The lowest BCUT2D eigenvalue weighted by atomic mass is 9.97. The van der Waals surface area contributed by atoms with Gasteiger partial charge in [-0.05, 0) is 26.0 Å². The normalized spacial score (nSPS) is 13.0. The molecule has 0 bridgehead atoms. The van der Waals surface area contributed by atoms with Crippen LogP contribution in [0.5, 0.6) is 0 Å². The smallest absolute Gasteiger partial charge is 0.326 e. The van der Waals surface area contributed by atoms with Gasteiger partial charge in [-0.1, -0.05) is 6.07 Å². The summed E-state index contributed by atoms with van der Waals surface area (Å²) in [4.78, 5) is 35.7. The van der Waals surface area contributed by atoms with Crippen LogP contribution in [0.3, 0.4) is 0 Å². The van der Waals surface area contributed by atoms with Crippen molar-refractivity contribution in [3.8, 4) is 0 Å². The Balaban J connectivity index is 3.05. The summed E-state index contributed by atoms with van der Waals surface area (Å²) in [6, 6.07) is 2.04. The number of amides is 2. The molecule has 1 aromatic carbocycles.